The van der Waals surface area contributed by atoms with Crippen molar-refractivity contribution >= 4 is 0 Å². The summed E-state index contributed by atoms with van der Waals surface area (Å²) in [6.45, 7) is 3.58. The van der Waals surface area contributed by atoms with E-state index in [4.69, 9.17) is 10.2 Å². The average molecular weight is 145 g/mol. The molecule has 0 rings (SSSR count). The summed E-state index contributed by atoms with van der Waals surface area (Å²) in [6, 6.07) is 0. The second kappa shape index (κ2) is 7.03. The number of hydrogen-bond donors (Lipinski definition) is 2. The first-order chi connectivity index (χ1) is 4.85. The molecule has 0 aliphatic heterocycles. The number of hydrogen-bond acceptors (Lipinski definition) is 2. The molecule has 0 aromatic carbocycles. The van der Waals surface area contributed by atoms with Crippen LogP contribution in [0.1, 0.15) is 32.6 Å². The summed E-state index contributed by atoms with van der Waals surface area (Å²) in [5.41, 5.74) is 0. The van der Waals surface area contributed by atoms with Gasteiger partial charge in [0.1, 0.15) is 0 Å². The minimum atomic E-state index is 0.266. The highest BCUT2D eigenvalue weighted by atomic mass is 16.3. The minimum Gasteiger partial charge on any atom is -0.396 e. The molecule has 0 spiro atoms. The van der Waals surface area contributed by atoms with Crippen LogP contribution in [0, 0.1) is 12.5 Å². The highest BCUT2D eigenvalue weighted by Gasteiger charge is 2.03. The first kappa shape index (κ1) is 9.92. The quantitative estimate of drug-likeness (QED) is 0.558. The van der Waals surface area contributed by atoms with Gasteiger partial charge >= 0.3 is 0 Å². The first-order valence-corrected chi connectivity index (χ1v) is 3.93. The van der Waals surface area contributed by atoms with Crippen molar-refractivity contribution in [3.8, 4) is 0 Å². The van der Waals surface area contributed by atoms with Crippen molar-refractivity contribution in [3.05, 3.63) is 6.61 Å². The van der Waals surface area contributed by atoms with Crippen LogP contribution in [0.4, 0.5) is 0 Å². The van der Waals surface area contributed by atoms with Gasteiger partial charge in [-0.15, -0.1) is 0 Å². The van der Waals surface area contributed by atoms with E-state index >= 15 is 0 Å². The molecule has 2 nitrogen and oxygen atoms in total. The fourth-order valence-electron chi connectivity index (χ4n) is 0.902. The van der Waals surface area contributed by atoms with E-state index in [-0.39, 0.29) is 6.61 Å². The average Bonchev–Trinajstić information content (AvgIpc) is 1.99. The molecule has 1 unspecified atom stereocenters. The van der Waals surface area contributed by atoms with E-state index < -0.39 is 0 Å². The van der Waals surface area contributed by atoms with Crippen molar-refractivity contribution in [2.75, 3.05) is 6.61 Å². The van der Waals surface area contributed by atoms with Gasteiger partial charge in [-0.3, -0.25) is 0 Å². The lowest BCUT2D eigenvalue weighted by Crippen LogP contribution is -1.99. The van der Waals surface area contributed by atoms with Gasteiger partial charge in [-0.2, -0.15) is 0 Å². The Kier molecular flexibility index (Phi) is 6.98. The van der Waals surface area contributed by atoms with Crippen LogP contribution in [0.25, 0.3) is 0 Å². The van der Waals surface area contributed by atoms with Gasteiger partial charge in [-0.25, -0.2) is 0 Å². The maximum absolute atomic E-state index is 8.64. The summed E-state index contributed by atoms with van der Waals surface area (Å²) in [7, 11) is 0. The maximum atomic E-state index is 8.64. The Morgan fingerprint density at radius 1 is 1.40 bits per heavy atom. The molecule has 1 atom stereocenters. The first-order valence-electron chi connectivity index (χ1n) is 3.93. The smallest absolute Gasteiger partial charge is 0.0829 e. The van der Waals surface area contributed by atoms with Crippen LogP contribution < -0.4 is 0 Å². The molecular weight excluding hydrogens is 128 g/mol. The van der Waals surface area contributed by atoms with Crippen LogP contribution in [0.2, 0.25) is 0 Å². The molecule has 2 N–H and O–H groups in total. The molecule has 1 radical (unpaired) electrons. The lowest BCUT2D eigenvalue weighted by molar-refractivity contribution is 0.262. The molecular formula is C8H17O2. The van der Waals surface area contributed by atoms with E-state index in [1.165, 1.54) is 6.61 Å². The molecule has 0 aliphatic rings. The Balaban J connectivity index is 3.09. The van der Waals surface area contributed by atoms with Crippen LogP contribution in [0.5, 0.6) is 0 Å². The molecule has 0 saturated heterocycles. The molecule has 0 aromatic heterocycles. The zero-order valence-electron chi connectivity index (χ0n) is 6.58. The Hall–Kier alpha value is -0.0800. The van der Waals surface area contributed by atoms with E-state index in [2.05, 4.69) is 6.92 Å². The van der Waals surface area contributed by atoms with Crippen LogP contribution in [0.3, 0.4) is 0 Å². The van der Waals surface area contributed by atoms with Gasteiger partial charge < -0.3 is 10.2 Å². The Morgan fingerprint density at radius 2 is 2.10 bits per heavy atom. The molecule has 0 amide bonds. The predicted octanol–water partition coefficient (Wildman–Crippen LogP) is 1.71. The summed E-state index contributed by atoms with van der Waals surface area (Å²) in [5, 5.41) is 17.1. The van der Waals surface area contributed by atoms with Gasteiger partial charge in [0.05, 0.1) is 6.61 Å². The summed E-state index contributed by atoms with van der Waals surface area (Å²) >= 11 is 0. The zero-order chi connectivity index (χ0) is 7.82. The van der Waals surface area contributed by atoms with Crippen LogP contribution in [-0.4, -0.2) is 16.8 Å². The Labute approximate surface area is 62.9 Å². The molecule has 61 valence electrons. The van der Waals surface area contributed by atoms with Crippen LogP contribution in [0.15, 0.2) is 0 Å². The van der Waals surface area contributed by atoms with Gasteiger partial charge in [0, 0.05) is 6.61 Å². The van der Waals surface area contributed by atoms with E-state index in [1.807, 2.05) is 0 Å². The van der Waals surface area contributed by atoms with E-state index in [9.17, 15) is 0 Å². The molecule has 0 fully saturated rings. The minimum absolute atomic E-state index is 0.266. The molecule has 0 aliphatic carbocycles. The second-order valence-electron chi connectivity index (χ2n) is 2.54. The van der Waals surface area contributed by atoms with Gasteiger partial charge in [0.25, 0.3) is 0 Å². The fourth-order valence-corrected chi connectivity index (χ4v) is 0.902. The van der Waals surface area contributed by atoms with Gasteiger partial charge in [0.2, 0.25) is 0 Å². The monoisotopic (exact) mass is 145 g/mol. The Morgan fingerprint density at radius 3 is 2.50 bits per heavy atom. The van der Waals surface area contributed by atoms with Crippen molar-refractivity contribution < 1.29 is 10.2 Å². The molecule has 0 heterocycles. The summed E-state index contributed by atoms with van der Waals surface area (Å²) in [5.74, 6) is 0.326. The van der Waals surface area contributed by atoms with Gasteiger partial charge in [-0.1, -0.05) is 19.8 Å². The highest BCUT2D eigenvalue weighted by molar-refractivity contribution is 4.63. The van der Waals surface area contributed by atoms with Crippen molar-refractivity contribution in [1.29, 1.82) is 0 Å². The van der Waals surface area contributed by atoms with E-state index in [0.29, 0.717) is 5.92 Å². The third-order valence-electron chi connectivity index (χ3n) is 1.72. The van der Waals surface area contributed by atoms with Crippen molar-refractivity contribution in [2.24, 2.45) is 5.92 Å². The molecule has 0 bridgehead atoms. The topological polar surface area (TPSA) is 40.5 Å². The highest BCUT2D eigenvalue weighted by Crippen LogP contribution is 2.13. The number of unbranched alkanes of at least 4 members (excludes halogenated alkanes) is 1. The standard InChI is InChI=1S/C8H17O2/c1-2-8(7-10)5-3-4-6-9/h7-10H,2-6H2,1H3. The second-order valence-corrected chi connectivity index (χ2v) is 2.54. The number of aliphatic hydroxyl groups excluding tert-OH is 2. The largest absolute Gasteiger partial charge is 0.396 e. The lowest BCUT2D eigenvalue weighted by atomic mass is 10.0. The maximum Gasteiger partial charge on any atom is 0.0829 e. The number of rotatable bonds is 6. The third-order valence-corrected chi connectivity index (χ3v) is 1.72. The van der Waals surface area contributed by atoms with Gasteiger partial charge in [-0.05, 0) is 18.8 Å². The summed E-state index contributed by atoms with van der Waals surface area (Å²) in [4.78, 5) is 0. The third kappa shape index (κ3) is 4.77. The van der Waals surface area contributed by atoms with Crippen LogP contribution >= 0.6 is 0 Å². The van der Waals surface area contributed by atoms with Crippen LogP contribution in [-0.2, 0) is 0 Å². The van der Waals surface area contributed by atoms with Crippen molar-refractivity contribution in [3.63, 3.8) is 0 Å². The Bertz CT molecular complexity index is 60.3. The van der Waals surface area contributed by atoms with Crippen molar-refractivity contribution in [1.82, 2.24) is 0 Å². The summed E-state index contributed by atoms with van der Waals surface area (Å²) in [6.07, 6.45) is 3.84. The molecule has 0 saturated carbocycles. The van der Waals surface area contributed by atoms with E-state index in [1.54, 1.807) is 0 Å². The van der Waals surface area contributed by atoms with E-state index in [0.717, 1.165) is 25.7 Å². The lowest BCUT2D eigenvalue weighted by Gasteiger charge is -2.08. The normalized spacial score (nSPS) is 13.5. The molecule has 2 heteroatoms. The van der Waals surface area contributed by atoms with Gasteiger partial charge in [0.15, 0.2) is 0 Å². The summed E-state index contributed by atoms with van der Waals surface area (Å²) < 4.78 is 0. The molecule has 10 heavy (non-hydrogen) atoms. The SMILES string of the molecule is CCC([CH]O)CCCCO. The predicted molar refractivity (Wildman–Crippen MR) is 41.0 cm³/mol. The molecule has 0 aromatic rings. The fraction of sp³-hybridized carbons (Fsp3) is 0.875. The zero-order valence-corrected chi connectivity index (χ0v) is 6.58. The number of aliphatic hydroxyl groups is 2. The van der Waals surface area contributed by atoms with Crippen molar-refractivity contribution in [2.45, 2.75) is 32.6 Å².